The van der Waals surface area contributed by atoms with E-state index in [1.807, 2.05) is 12.3 Å². The van der Waals surface area contributed by atoms with Crippen molar-refractivity contribution in [3.05, 3.63) is 18.6 Å². The molecule has 3 heterocycles. The lowest BCUT2D eigenvalue weighted by atomic mass is 9.86. The van der Waals surface area contributed by atoms with Crippen LogP contribution in [0.5, 0.6) is 0 Å². The fourth-order valence-corrected chi connectivity index (χ4v) is 5.92. The monoisotopic (exact) mass is 407 g/mol. The Kier molecular flexibility index (Phi) is 5.84. The van der Waals surface area contributed by atoms with Crippen molar-refractivity contribution >= 4 is 26.9 Å². The molecule has 154 valence electrons. The van der Waals surface area contributed by atoms with Gasteiger partial charge >= 0.3 is 0 Å². The molecule has 0 unspecified atom stereocenters. The number of aromatic amines is 1. The third-order valence-electron chi connectivity index (χ3n) is 6.04. The molecule has 1 atom stereocenters. The topological polar surface area (TPSA) is 100 Å². The van der Waals surface area contributed by atoms with Gasteiger partial charge in [0.1, 0.15) is 17.8 Å². The normalized spacial score (nSPS) is 26.0. The highest BCUT2D eigenvalue weighted by molar-refractivity contribution is 7.89. The minimum absolute atomic E-state index is 0.0392. The van der Waals surface area contributed by atoms with Crippen molar-refractivity contribution in [1.29, 1.82) is 0 Å². The number of fused-ring (bicyclic) bond motifs is 1. The summed E-state index contributed by atoms with van der Waals surface area (Å²) in [4.78, 5) is 14.1. The van der Waals surface area contributed by atoms with Crippen LogP contribution >= 0.6 is 0 Å². The third-order valence-corrected chi connectivity index (χ3v) is 7.56. The highest BCUT2D eigenvalue weighted by Gasteiger charge is 2.29. The van der Waals surface area contributed by atoms with Gasteiger partial charge in [-0.05, 0) is 50.5 Å². The fraction of sp³-hybridized carbons (Fsp3) is 0.684. The number of hydrogen-bond acceptors (Lipinski definition) is 6. The summed E-state index contributed by atoms with van der Waals surface area (Å²) < 4.78 is 33.1. The van der Waals surface area contributed by atoms with E-state index in [-0.39, 0.29) is 17.8 Å². The van der Waals surface area contributed by atoms with Crippen molar-refractivity contribution in [2.24, 2.45) is 5.92 Å². The lowest BCUT2D eigenvalue weighted by Gasteiger charge is -2.35. The van der Waals surface area contributed by atoms with Crippen LogP contribution in [-0.2, 0) is 14.8 Å². The van der Waals surface area contributed by atoms with Crippen molar-refractivity contribution in [3.8, 4) is 0 Å². The van der Waals surface area contributed by atoms with Crippen LogP contribution in [0.15, 0.2) is 18.6 Å². The van der Waals surface area contributed by atoms with Gasteiger partial charge in [-0.25, -0.2) is 23.1 Å². The van der Waals surface area contributed by atoms with Crippen LogP contribution < -0.4 is 9.62 Å². The van der Waals surface area contributed by atoms with Crippen LogP contribution in [0, 0.1) is 5.92 Å². The van der Waals surface area contributed by atoms with Crippen LogP contribution in [0.1, 0.15) is 38.5 Å². The fourth-order valence-electron chi connectivity index (χ4n) is 4.41. The van der Waals surface area contributed by atoms with E-state index in [4.69, 9.17) is 4.74 Å². The average Bonchev–Trinajstić information content (AvgIpc) is 3.37. The Morgan fingerprint density at radius 2 is 2.07 bits per heavy atom. The van der Waals surface area contributed by atoms with Gasteiger partial charge in [0.2, 0.25) is 10.0 Å². The molecule has 0 aromatic carbocycles. The summed E-state index contributed by atoms with van der Waals surface area (Å²) in [6, 6.07) is 2.37. The number of ether oxygens (including phenoxy) is 1. The number of nitrogens with one attached hydrogen (secondary N) is 2. The summed E-state index contributed by atoms with van der Waals surface area (Å²) in [6.45, 7) is 1.14. The first kappa shape index (κ1) is 19.6. The quantitative estimate of drug-likeness (QED) is 0.729. The molecular weight excluding hydrogens is 378 g/mol. The van der Waals surface area contributed by atoms with Crippen LogP contribution in [0.3, 0.4) is 0 Å². The zero-order valence-corrected chi connectivity index (χ0v) is 17.1. The van der Waals surface area contributed by atoms with Crippen LogP contribution in [0.2, 0.25) is 0 Å². The minimum Gasteiger partial charge on any atom is -0.377 e. The standard InChI is InChI=1S/C19H29N5O3S/c1-24(19-17-8-9-20-18(17)21-13-22-19)15-6-4-14(5-7-15)12-28(25,26)23-11-16-3-2-10-27-16/h8-9,13-16,23H,2-7,10-12H2,1H3,(H,20,21,22)/t14?,15?,16-/m1/s1. The number of anilines is 1. The Bertz CT molecular complexity index is 886. The Hall–Kier alpha value is -1.71. The van der Waals surface area contributed by atoms with Gasteiger partial charge < -0.3 is 14.6 Å². The maximum Gasteiger partial charge on any atom is 0.211 e. The lowest BCUT2D eigenvalue weighted by molar-refractivity contribution is 0.114. The molecule has 0 spiro atoms. The molecule has 0 radical (unpaired) electrons. The van der Waals surface area contributed by atoms with E-state index >= 15 is 0 Å². The lowest BCUT2D eigenvalue weighted by Crippen LogP contribution is -2.39. The van der Waals surface area contributed by atoms with Gasteiger partial charge in [0.15, 0.2) is 0 Å². The number of nitrogens with zero attached hydrogens (tertiary/aromatic N) is 3. The second kappa shape index (κ2) is 8.34. The van der Waals surface area contributed by atoms with E-state index in [2.05, 4.69) is 31.6 Å². The van der Waals surface area contributed by atoms with Crippen molar-refractivity contribution < 1.29 is 13.2 Å². The molecule has 2 aromatic rings. The molecule has 0 amide bonds. The van der Waals surface area contributed by atoms with Gasteiger partial charge in [-0.2, -0.15) is 0 Å². The molecule has 0 bridgehead atoms. The number of aromatic nitrogens is 3. The summed E-state index contributed by atoms with van der Waals surface area (Å²) in [6.07, 6.45) is 9.23. The van der Waals surface area contributed by atoms with E-state index in [0.717, 1.165) is 62.0 Å². The van der Waals surface area contributed by atoms with E-state index in [1.54, 1.807) is 6.33 Å². The number of rotatable bonds is 7. The molecule has 2 aliphatic rings. The molecule has 4 rings (SSSR count). The Morgan fingerprint density at radius 1 is 1.25 bits per heavy atom. The van der Waals surface area contributed by atoms with Gasteiger partial charge in [-0.1, -0.05) is 0 Å². The number of H-pyrrole nitrogens is 1. The van der Waals surface area contributed by atoms with E-state index in [9.17, 15) is 8.42 Å². The molecular formula is C19H29N5O3S. The number of hydrogen-bond donors (Lipinski definition) is 2. The summed E-state index contributed by atoms with van der Waals surface area (Å²) in [5.41, 5.74) is 0.842. The maximum absolute atomic E-state index is 12.4. The zero-order valence-electron chi connectivity index (χ0n) is 16.3. The molecule has 2 aromatic heterocycles. The van der Waals surface area contributed by atoms with Crippen LogP contribution in [-0.4, -0.2) is 61.5 Å². The predicted octanol–water partition coefficient (Wildman–Crippen LogP) is 2.05. The average molecular weight is 408 g/mol. The smallest absolute Gasteiger partial charge is 0.211 e. The molecule has 8 nitrogen and oxygen atoms in total. The molecule has 28 heavy (non-hydrogen) atoms. The van der Waals surface area contributed by atoms with Gasteiger partial charge in [-0.15, -0.1) is 0 Å². The first-order valence-corrected chi connectivity index (χ1v) is 11.8. The van der Waals surface area contributed by atoms with Crippen molar-refractivity contribution in [2.75, 3.05) is 30.9 Å². The summed E-state index contributed by atoms with van der Waals surface area (Å²) in [5, 5.41) is 1.02. The molecule has 2 fully saturated rings. The first-order chi connectivity index (χ1) is 13.5. The molecule has 2 N–H and O–H groups in total. The molecule has 9 heteroatoms. The van der Waals surface area contributed by atoms with E-state index in [0.29, 0.717) is 12.6 Å². The summed E-state index contributed by atoms with van der Waals surface area (Å²) >= 11 is 0. The summed E-state index contributed by atoms with van der Waals surface area (Å²) in [7, 11) is -1.18. The Labute approximate surface area is 166 Å². The van der Waals surface area contributed by atoms with Gasteiger partial charge in [0.05, 0.1) is 17.2 Å². The highest BCUT2D eigenvalue weighted by atomic mass is 32.2. The minimum atomic E-state index is -3.25. The third kappa shape index (κ3) is 4.47. The molecule has 1 aliphatic heterocycles. The molecule has 1 saturated heterocycles. The Balaban J connectivity index is 1.30. The van der Waals surface area contributed by atoms with E-state index < -0.39 is 10.0 Å². The first-order valence-electron chi connectivity index (χ1n) is 10.1. The van der Waals surface area contributed by atoms with Crippen LogP contribution in [0.25, 0.3) is 11.0 Å². The predicted molar refractivity (Wildman–Crippen MR) is 109 cm³/mol. The maximum atomic E-state index is 12.4. The molecule has 1 saturated carbocycles. The second-order valence-electron chi connectivity index (χ2n) is 7.99. The van der Waals surface area contributed by atoms with Gasteiger partial charge in [0, 0.05) is 32.4 Å². The summed E-state index contributed by atoms with van der Waals surface area (Å²) in [5.74, 6) is 1.36. The Morgan fingerprint density at radius 3 is 2.82 bits per heavy atom. The zero-order chi connectivity index (χ0) is 19.6. The van der Waals surface area contributed by atoms with Gasteiger partial charge in [0.25, 0.3) is 0 Å². The number of sulfonamides is 1. The second-order valence-corrected chi connectivity index (χ2v) is 9.84. The van der Waals surface area contributed by atoms with Crippen LogP contribution in [0.4, 0.5) is 5.82 Å². The largest absolute Gasteiger partial charge is 0.377 e. The van der Waals surface area contributed by atoms with Crippen molar-refractivity contribution in [3.63, 3.8) is 0 Å². The SMILES string of the molecule is CN(c1ncnc2[nH]ccc12)C1CCC(CS(=O)(=O)NC[C@H]2CCCO2)CC1. The van der Waals surface area contributed by atoms with E-state index in [1.165, 1.54) is 0 Å². The van der Waals surface area contributed by atoms with Gasteiger partial charge in [-0.3, -0.25) is 0 Å². The van der Waals surface area contributed by atoms with Crippen molar-refractivity contribution in [2.45, 2.75) is 50.7 Å². The highest BCUT2D eigenvalue weighted by Crippen LogP contribution is 2.32. The molecule has 1 aliphatic carbocycles. The van der Waals surface area contributed by atoms with Crippen molar-refractivity contribution in [1.82, 2.24) is 19.7 Å².